The van der Waals surface area contributed by atoms with Gasteiger partial charge < -0.3 is 10.1 Å². The average Bonchev–Trinajstić information content (AvgIpc) is 2.42. The molecular formula is C15H23NOS. The van der Waals surface area contributed by atoms with Gasteiger partial charge in [-0.1, -0.05) is 24.3 Å². The molecule has 1 aromatic rings. The molecule has 0 spiro atoms. The van der Waals surface area contributed by atoms with Crippen molar-refractivity contribution in [3.63, 3.8) is 0 Å². The molecule has 2 nitrogen and oxygen atoms in total. The molecule has 0 aromatic heterocycles. The first-order chi connectivity index (χ1) is 8.81. The van der Waals surface area contributed by atoms with Crippen LogP contribution in [0.1, 0.15) is 30.6 Å². The summed E-state index contributed by atoms with van der Waals surface area (Å²) in [7, 11) is 0. The molecule has 0 aliphatic carbocycles. The Morgan fingerprint density at radius 1 is 1.44 bits per heavy atom. The highest BCUT2D eigenvalue weighted by atomic mass is 32.2. The summed E-state index contributed by atoms with van der Waals surface area (Å²) < 4.78 is 5.89. The van der Waals surface area contributed by atoms with Gasteiger partial charge in [0, 0.05) is 12.6 Å². The van der Waals surface area contributed by atoms with Crippen molar-refractivity contribution in [1.29, 1.82) is 0 Å². The molecule has 18 heavy (non-hydrogen) atoms. The largest absolute Gasteiger partial charge is 0.372 e. The Balaban J connectivity index is 1.87. The van der Waals surface area contributed by atoms with Crippen molar-refractivity contribution >= 4 is 11.8 Å². The first-order valence-electron chi connectivity index (χ1n) is 6.73. The van der Waals surface area contributed by atoms with Gasteiger partial charge >= 0.3 is 0 Å². The van der Waals surface area contributed by atoms with Crippen molar-refractivity contribution in [3.05, 3.63) is 35.4 Å². The third-order valence-corrected chi connectivity index (χ3v) is 4.14. The summed E-state index contributed by atoms with van der Waals surface area (Å²) in [5, 5.41) is 3.59. The van der Waals surface area contributed by atoms with Crippen LogP contribution in [0, 0.1) is 0 Å². The maximum absolute atomic E-state index is 5.89. The van der Waals surface area contributed by atoms with Crippen LogP contribution in [0.15, 0.2) is 24.3 Å². The van der Waals surface area contributed by atoms with Crippen LogP contribution < -0.4 is 5.32 Å². The van der Waals surface area contributed by atoms with E-state index in [2.05, 4.69) is 42.8 Å². The fraction of sp³-hybridized carbons (Fsp3) is 0.600. The quantitative estimate of drug-likeness (QED) is 0.854. The highest BCUT2D eigenvalue weighted by Crippen LogP contribution is 2.26. The minimum atomic E-state index is 0.228. The Bertz CT molecular complexity index is 369. The zero-order valence-electron chi connectivity index (χ0n) is 11.3. The van der Waals surface area contributed by atoms with Gasteiger partial charge in [-0.15, -0.1) is 0 Å². The predicted molar refractivity (Wildman–Crippen MR) is 79.3 cm³/mol. The number of thioether (sulfide) groups is 1. The summed E-state index contributed by atoms with van der Waals surface area (Å²) in [6, 6.07) is 9.22. The Kier molecular flexibility index (Phi) is 5.54. The third-order valence-electron chi connectivity index (χ3n) is 3.50. The summed E-state index contributed by atoms with van der Waals surface area (Å²) in [4.78, 5) is 0. The van der Waals surface area contributed by atoms with E-state index in [0.717, 1.165) is 19.6 Å². The van der Waals surface area contributed by atoms with Crippen LogP contribution in [0.4, 0.5) is 0 Å². The number of fused-ring (bicyclic) bond motifs is 1. The molecule has 1 N–H and O–H groups in total. The second-order valence-electron chi connectivity index (χ2n) is 4.90. The lowest BCUT2D eigenvalue weighted by molar-refractivity contribution is 0.0409. The molecule has 2 unspecified atom stereocenters. The van der Waals surface area contributed by atoms with E-state index >= 15 is 0 Å². The topological polar surface area (TPSA) is 21.3 Å². The Labute approximate surface area is 114 Å². The van der Waals surface area contributed by atoms with Crippen LogP contribution in [0.3, 0.4) is 0 Å². The molecule has 2 atom stereocenters. The molecule has 0 fully saturated rings. The molecule has 2 rings (SSSR count). The number of nitrogens with one attached hydrogen (secondary N) is 1. The van der Waals surface area contributed by atoms with Gasteiger partial charge in [-0.2, -0.15) is 11.8 Å². The highest BCUT2D eigenvalue weighted by molar-refractivity contribution is 7.98. The lowest BCUT2D eigenvalue weighted by Gasteiger charge is -2.27. The smallest absolute Gasteiger partial charge is 0.0952 e. The van der Waals surface area contributed by atoms with Crippen molar-refractivity contribution in [3.8, 4) is 0 Å². The van der Waals surface area contributed by atoms with E-state index in [9.17, 15) is 0 Å². The van der Waals surface area contributed by atoms with Crippen molar-refractivity contribution < 1.29 is 4.74 Å². The van der Waals surface area contributed by atoms with E-state index in [4.69, 9.17) is 4.74 Å². The molecule has 0 saturated heterocycles. The van der Waals surface area contributed by atoms with Crippen molar-refractivity contribution in [2.75, 3.05) is 25.2 Å². The predicted octanol–water partition coefficient (Wildman–Crippen LogP) is 3.03. The molecular weight excluding hydrogens is 242 g/mol. The maximum Gasteiger partial charge on any atom is 0.0952 e. The van der Waals surface area contributed by atoms with E-state index in [0.29, 0.717) is 6.04 Å². The lowest BCUT2D eigenvalue weighted by Crippen LogP contribution is -2.33. The number of hydrogen-bond acceptors (Lipinski definition) is 3. The number of hydrogen-bond donors (Lipinski definition) is 1. The first-order valence-corrected chi connectivity index (χ1v) is 8.12. The third kappa shape index (κ3) is 3.74. The standard InChI is InChI=1S/C15H23NOS/c1-12(8-10-18-2)16-11-15-14-6-4-3-5-13(14)7-9-17-15/h3-6,12,15-16H,7-11H2,1-2H3. The van der Waals surface area contributed by atoms with Gasteiger partial charge in [0.15, 0.2) is 0 Å². The molecule has 1 heterocycles. The van der Waals surface area contributed by atoms with Crippen LogP contribution >= 0.6 is 11.8 Å². The minimum Gasteiger partial charge on any atom is -0.372 e. The fourth-order valence-electron chi connectivity index (χ4n) is 2.35. The van der Waals surface area contributed by atoms with Crippen molar-refractivity contribution in [2.45, 2.75) is 31.9 Å². The van der Waals surface area contributed by atoms with E-state index in [-0.39, 0.29) is 6.10 Å². The van der Waals surface area contributed by atoms with Crippen LogP contribution in [0.2, 0.25) is 0 Å². The van der Waals surface area contributed by atoms with Gasteiger partial charge in [0.1, 0.15) is 0 Å². The van der Waals surface area contributed by atoms with Crippen LogP contribution in [0.25, 0.3) is 0 Å². The maximum atomic E-state index is 5.89. The molecule has 1 aliphatic rings. The molecule has 1 aliphatic heterocycles. The SMILES string of the molecule is CSCCC(C)NCC1OCCc2ccccc21. The summed E-state index contributed by atoms with van der Waals surface area (Å²) in [5.41, 5.74) is 2.82. The van der Waals surface area contributed by atoms with Gasteiger partial charge in [0.25, 0.3) is 0 Å². The Morgan fingerprint density at radius 3 is 3.11 bits per heavy atom. The number of rotatable bonds is 6. The van der Waals surface area contributed by atoms with Crippen LogP contribution in [0.5, 0.6) is 0 Å². The second-order valence-corrected chi connectivity index (χ2v) is 5.88. The average molecular weight is 265 g/mol. The zero-order valence-corrected chi connectivity index (χ0v) is 12.1. The molecule has 0 amide bonds. The fourth-order valence-corrected chi connectivity index (χ4v) is 2.94. The van der Waals surface area contributed by atoms with Gasteiger partial charge in [0.2, 0.25) is 0 Å². The molecule has 100 valence electrons. The summed E-state index contributed by atoms with van der Waals surface area (Å²) in [6.07, 6.45) is 4.66. The summed E-state index contributed by atoms with van der Waals surface area (Å²) >= 11 is 1.91. The Morgan fingerprint density at radius 2 is 2.28 bits per heavy atom. The second kappa shape index (κ2) is 7.17. The Hall–Kier alpha value is -0.510. The van der Waals surface area contributed by atoms with E-state index in [1.54, 1.807) is 0 Å². The molecule has 1 aromatic carbocycles. The lowest BCUT2D eigenvalue weighted by atomic mass is 9.97. The molecule has 0 saturated carbocycles. The first kappa shape index (κ1) is 13.9. The van der Waals surface area contributed by atoms with Crippen LogP contribution in [-0.2, 0) is 11.2 Å². The minimum absolute atomic E-state index is 0.228. The number of benzene rings is 1. The normalized spacial score (nSPS) is 20.4. The van der Waals surface area contributed by atoms with E-state index in [1.165, 1.54) is 23.3 Å². The summed E-state index contributed by atoms with van der Waals surface area (Å²) in [5.74, 6) is 1.22. The van der Waals surface area contributed by atoms with Gasteiger partial charge in [0.05, 0.1) is 12.7 Å². The zero-order chi connectivity index (χ0) is 12.8. The molecule has 3 heteroatoms. The molecule has 0 radical (unpaired) electrons. The van der Waals surface area contributed by atoms with E-state index in [1.807, 2.05) is 11.8 Å². The van der Waals surface area contributed by atoms with Gasteiger partial charge in [-0.3, -0.25) is 0 Å². The van der Waals surface area contributed by atoms with Crippen LogP contribution in [-0.4, -0.2) is 31.2 Å². The van der Waals surface area contributed by atoms with Gasteiger partial charge in [-0.05, 0) is 42.9 Å². The monoisotopic (exact) mass is 265 g/mol. The van der Waals surface area contributed by atoms with Crippen molar-refractivity contribution in [2.24, 2.45) is 0 Å². The van der Waals surface area contributed by atoms with Gasteiger partial charge in [-0.25, -0.2) is 0 Å². The van der Waals surface area contributed by atoms with Crippen molar-refractivity contribution in [1.82, 2.24) is 5.32 Å². The summed E-state index contributed by atoms with van der Waals surface area (Å²) in [6.45, 7) is 4.03. The molecule has 0 bridgehead atoms. The number of ether oxygens (including phenoxy) is 1. The van der Waals surface area contributed by atoms with E-state index < -0.39 is 0 Å². The highest BCUT2D eigenvalue weighted by Gasteiger charge is 2.20.